The molecule has 1 heterocycles. The number of anilines is 4. The van der Waals surface area contributed by atoms with Gasteiger partial charge in [-0.1, -0.05) is 40.2 Å². The summed E-state index contributed by atoms with van der Waals surface area (Å²) in [6.07, 6.45) is 1.54. The summed E-state index contributed by atoms with van der Waals surface area (Å²) < 4.78 is 1.02. The van der Waals surface area contributed by atoms with Crippen LogP contribution in [0.5, 0.6) is 0 Å². The zero-order valence-corrected chi connectivity index (χ0v) is 13.6. The van der Waals surface area contributed by atoms with Gasteiger partial charge in [-0.05, 0) is 36.8 Å². The smallest absolute Gasteiger partial charge is 0.135 e. The summed E-state index contributed by atoms with van der Waals surface area (Å²) in [6, 6.07) is 17.9. The van der Waals surface area contributed by atoms with Crippen molar-refractivity contribution < 1.29 is 0 Å². The summed E-state index contributed by atoms with van der Waals surface area (Å²) in [5, 5.41) is 6.57. The number of benzene rings is 2. The molecular formula is C17H15BrN4. The molecular weight excluding hydrogens is 340 g/mol. The van der Waals surface area contributed by atoms with Crippen molar-refractivity contribution in [3.05, 3.63) is 71.0 Å². The van der Waals surface area contributed by atoms with Gasteiger partial charge in [-0.2, -0.15) is 0 Å². The van der Waals surface area contributed by atoms with Crippen molar-refractivity contribution in [2.75, 3.05) is 10.6 Å². The van der Waals surface area contributed by atoms with Crippen LogP contribution in [-0.4, -0.2) is 9.97 Å². The van der Waals surface area contributed by atoms with Crippen molar-refractivity contribution in [2.45, 2.75) is 6.92 Å². The minimum atomic E-state index is 0.740. The molecule has 0 aliphatic rings. The Morgan fingerprint density at radius 3 is 2.41 bits per heavy atom. The Kier molecular flexibility index (Phi) is 4.34. The van der Waals surface area contributed by atoms with E-state index in [4.69, 9.17) is 0 Å². The van der Waals surface area contributed by atoms with E-state index in [1.54, 1.807) is 6.33 Å². The topological polar surface area (TPSA) is 49.8 Å². The van der Waals surface area contributed by atoms with Crippen LogP contribution in [0.15, 0.2) is 65.4 Å². The van der Waals surface area contributed by atoms with E-state index in [9.17, 15) is 0 Å². The van der Waals surface area contributed by atoms with Gasteiger partial charge >= 0.3 is 0 Å². The molecule has 22 heavy (non-hydrogen) atoms. The summed E-state index contributed by atoms with van der Waals surface area (Å²) in [6.45, 7) is 2.06. The molecule has 0 radical (unpaired) electrons. The number of hydrogen-bond donors (Lipinski definition) is 2. The van der Waals surface area contributed by atoms with Crippen LogP contribution in [0.1, 0.15) is 5.56 Å². The Labute approximate surface area is 137 Å². The van der Waals surface area contributed by atoms with Crippen molar-refractivity contribution in [2.24, 2.45) is 0 Å². The zero-order valence-electron chi connectivity index (χ0n) is 12.0. The minimum Gasteiger partial charge on any atom is -0.340 e. The minimum absolute atomic E-state index is 0.740. The van der Waals surface area contributed by atoms with Gasteiger partial charge in [0.15, 0.2) is 0 Å². The number of halogens is 1. The number of rotatable bonds is 4. The molecule has 0 saturated heterocycles. The van der Waals surface area contributed by atoms with Crippen LogP contribution in [0, 0.1) is 6.92 Å². The summed E-state index contributed by atoms with van der Waals surface area (Å²) in [7, 11) is 0. The molecule has 0 aliphatic carbocycles. The van der Waals surface area contributed by atoms with Crippen LogP contribution >= 0.6 is 15.9 Å². The average Bonchev–Trinajstić information content (AvgIpc) is 2.50. The van der Waals surface area contributed by atoms with Gasteiger partial charge in [-0.3, -0.25) is 0 Å². The van der Waals surface area contributed by atoms with Crippen LogP contribution in [-0.2, 0) is 0 Å². The van der Waals surface area contributed by atoms with Crippen LogP contribution < -0.4 is 10.6 Å². The highest BCUT2D eigenvalue weighted by molar-refractivity contribution is 9.10. The van der Waals surface area contributed by atoms with Crippen LogP contribution in [0.2, 0.25) is 0 Å². The highest BCUT2D eigenvalue weighted by atomic mass is 79.9. The van der Waals surface area contributed by atoms with Crippen LogP contribution in [0.4, 0.5) is 23.0 Å². The molecule has 2 N–H and O–H groups in total. The largest absolute Gasteiger partial charge is 0.340 e. The molecule has 0 atom stereocenters. The maximum atomic E-state index is 4.26. The van der Waals surface area contributed by atoms with E-state index >= 15 is 0 Å². The van der Waals surface area contributed by atoms with Gasteiger partial charge in [0.05, 0.1) is 0 Å². The first-order valence-corrected chi connectivity index (χ1v) is 7.67. The first kappa shape index (κ1) is 14.5. The lowest BCUT2D eigenvalue weighted by molar-refractivity contribution is 1.16. The van der Waals surface area contributed by atoms with Gasteiger partial charge in [-0.15, -0.1) is 0 Å². The third-order valence-electron chi connectivity index (χ3n) is 3.17. The van der Waals surface area contributed by atoms with Gasteiger partial charge in [0.1, 0.15) is 18.0 Å². The number of aryl methyl sites for hydroxylation is 1. The van der Waals surface area contributed by atoms with E-state index in [0.717, 1.165) is 27.5 Å². The summed E-state index contributed by atoms with van der Waals surface area (Å²) in [5.74, 6) is 1.49. The second-order valence-electron chi connectivity index (χ2n) is 4.86. The Bertz CT molecular complexity index is 789. The number of aromatic nitrogens is 2. The highest BCUT2D eigenvalue weighted by Crippen LogP contribution is 2.22. The van der Waals surface area contributed by atoms with Crippen molar-refractivity contribution in [1.29, 1.82) is 0 Å². The molecule has 0 amide bonds. The van der Waals surface area contributed by atoms with Crippen LogP contribution in [0.25, 0.3) is 0 Å². The van der Waals surface area contributed by atoms with Gasteiger partial charge in [0.2, 0.25) is 0 Å². The second kappa shape index (κ2) is 6.58. The fourth-order valence-corrected chi connectivity index (χ4v) is 2.46. The molecule has 3 rings (SSSR count). The second-order valence-corrected chi connectivity index (χ2v) is 5.78. The quantitative estimate of drug-likeness (QED) is 0.689. The van der Waals surface area contributed by atoms with Crippen molar-refractivity contribution in [3.63, 3.8) is 0 Å². The van der Waals surface area contributed by atoms with Crippen molar-refractivity contribution in [1.82, 2.24) is 9.97 Å². The maximum Gasteiger partial charge on any atom is 0.135 e. The first-order valence-electron chi connectivity index (χ1n) is 6.88. The SMILES string of the molecule is Cc1ccccc1Nc1cc(Nc2cccc(Br)c2)ncn1. The molecule has 1 aromatic heterocycles. The predicted octanol–water partition coefficient (Wildman–Crippen LogP) is 5.03. The number of hydrogen-bond acceptors (Lipinski definition) is 4. The lowest BCUT2D eigenvalue weighted by Gasteiger charge is -2.10. The number of nitrogens with zero attached hydrogens (tertiary/aromatic N) is 2. The summed E-state index contributed by atoms with van der Waals surface area (Å²) in [4.78, 5) is 8.51. The van der Waals surface area contributed by atoms with Gasteiger partial charge in [0, 0.05) is 21.9 Å². The Morgan fingerprint density at radius 2 is 1.64 bits per heavy atom. The Hall–Kier alpha value is -2.40. The predicted molar refractivity (Wildman–Crippen MR) is 93.9 cm³/mol. The van der Waals surface area contributed by atoms with E-state index < -0.39 is 0 Å². The van der Waals surface area contributed by atoms with Crippen molar-refractivity contribution in [3.8, 4) is 0 Å². The van der Waals surface area contributed by atoms with E-state index in [1.165, 1.54) is 5.56 Å². The Balaban J connectivity index is 1.79. The molecule has 0 unspecified atom stereocenters. The van der Waals surface area contributed by atoms with Crippen LogP contribution in [0.3, 0.4) is 0 Å². The molecule has 2 aromatic carbocycles. The van der Waals surface area contributed by atoms with E-state index in [0.29, 0.717) is 0 Å². The normalized spacial score (nSPS) is 10.3. The van der Waals surface area contributed by atoms with Crippen molar-refractivity contribution >= 4 is 38.9 Å². The molecule has 5 heteroatoms. The lowest BCUT2D eigenvalue weighted by atomic mass is 10.2. The fourth-order valence-electron chi connectivity index (χ4n) is 2.06. The first-order chi connectivity index (χ1) is 10.7. The van der Waals surface area contributed by atoms with Gasteiger partial charge in [0.25, 0.3) is 0 Å². The van der Waals surface area contributed by atoms with E-state index in [-0.39, 0.29) is 0 Å². The molecule has 0 spiro atoms. The molecule has 0 aliphatic heterocycles. The summed E-state index contributed by atoms with van der Waals surface area (Å²) in [5.41, 5.74) is 3.17. The molecule has 0 bridgehead atoms. The standard InChI is InChI=1S/C17H15BrN4/c1-12-5-2-3-8-15(12)22-17-10-16(19-11-20-17)21-14-7-4-6-13(18)9-14/h2-11H,1H3,(H2,19,20,21,22). The molecule has 0 saturated carbocycles. The van der Waals surface area contributed by atoms with E-state index in [2.05, 4.69) is 49.5 Å². The van der Waals surface area contributed by atoms with Gasteiger partial charge in [-0.25, -0.2) is 9.97 Å². The molecule has 0 fully saturated rings. The highest BCUT2D eigenvalue weighted by Gasteiger charge is 2.02. The average molecular weight is 355 g/mol. The third kappa shape index (κ3) is 3.62. The number of para-hydroxylation sites is 1. The van der Waals surface area contributed by atoms with Gasteiger partial charge < -0.3 is 10.6 Å². The third-order valence-corrected chi connectivity index (χ3v) is 3.67. The molecule has 3 aromatic rings. The summed E-state index contributed by atoms with van der Waals surface area (Å²) >= 11 is 3.46. The zero-order chi connectivity index (χ0) is 15.4. The fraction of sp³-hybridized carbons (Fsp3) is 0.0588. The lowest BCUT2D eigenvalue weighted by Crippen LogP contribution is -1.99. The maximum absolute atomic E-state index is 4.26. The Morgan fingerprint density at radius 1 is 0.864 bits per heavy atom. The molecule has 110 valence electrons. The number of nitrogens with one attached hydrogen (secondary N) is 2. The van der Waals surface area contributed by atoms with E-state index in [1.807, 2.05) is 48.5 Å². The monoisotopic (exact) mass is 354 g/mol. The molecule has 4 nitrogen and oxygen atoms in total.